The van der Waals surface area contributed by atoms with Crippen LogP contribution in [0.1, 0.15) is 32.3 Å². The molecule has 0 atom stereocenters. The highest BCUT2D eigenvalue weighted by atomic mass is 16.5. The molecular weight excluding hydrogens is 306 g/mol. The first-order valence-corrected chi connectivity index (χ1v) is 8.61. The lowest BCUT2D eigenvalue weighted by Gasteiger charge is -2.33. The van der Waals surface area contributed by atoms with Crippen LogP contribution in [0.4, 0.5) is 0 Å². The lowest BCUT2D eigenvalue weighted by atomic mass is 9.97. The van der Waals surface area contributed by atoms with Crippen LogP contribution in [0.2, 0.25) is 0 Å². The van der Waals surface area contributed by atoms with Crippen molar-refractivity contribution in [1.29, 1.82) is 0 Å². The number of aromatic hydroxyl groups is 1. The van der Waals surface area contributed by atoms with E-state index in [2.05, 4.69) is 15.2 Å². The van der Waals surface area contributed by atoms with E-state index in [0.29, 0.717) is 13.2 Å². The number of carbonyl (C=O) groups is 1. The van der Waals surface area contributed by atoms with E-state index in [1.165, 1.54) is 0 Å². The van der Waals surface area contributed by atoms with Crippen LogP contribution in [0, 0.1) is 5.92 Å². The zero-order valence-electron chi connectivity index (χ0n) is 14.5. The van der Waals surface area contributed by atoms with Gasteiger partial charge in [-0.1, -0.05) is 12.1 Å². The fourth-order valence-electron chi connectivity index (χ4n) is 2.78. The van der Waals surface area contributed by atoms with Crippen molar-refractivity contribution in [2.45, 2.75) is 33.2 Å². The molecule has 2 rings (SSSR count). The molecule has 6 nitrogen and oxygen atoms in total. The van der Waals surface area contributed by atoms with Crippen molar-refractivity contribution >= 4 is 11.9 Å². The number of nitrogens with one attached hydrogen (secondary N) is 1. The largest absolute Gasteiger partial charge is 0.508 e. The number of aliphatic imine (C=N–C) groups is 1. The van der Waals surface area contributed by atoms with Gasteiger partial charge in [0, 0.05) is 19.6 Å². The molecule has 0 radical (unpaired) electrons. The smallest absolute Gasteiger partial charge is 0.309 e. The number of likely N-dealkylation sites (tertiary alicyclic amines) is 1. The molecule has 2 N–H and O–H groups in total. The number of hydrogen-bond acceptors (Lipinski definition) is 4. The molecule has 0 unspecified atom stereocenters. The van der Waals surface area contributed by atoms with Crippen molar-refractivity contribution in [2.24, 2.45) is 10.9 Å². The molecule has 24 heavy (non-hydrogen) atoms. The zero-order chi connectivity index (χ0) is 17.4. The summed E-state index contributed by atoms with van der Waals surface area (Å²) in [6.07, 6.45) is 1.59. The maximum Gasteiger partial charge on any atom is 0.309 e. The Hall–Kier alpha value is -2.24. The first-order valence-electron chi connectivity index (χ1n) is 8.61. The maximum absolute atomic E-state index is 11.8. The summed E-state index contributed by atoms with van der Waals surface area (Å²) in [4.78, 5) is 18.7. The average Bonchev–Trinajstić information content (AvgIpc) is 2.60. The summed E-state index contributed by atoms with van der Waals surface area (Å²) in [5, 5.41) is 12.6. The summed E-state index contributed by atoms with van der Waals surface area (Å²) >= 11 is 0. The second-order valence-corrected chi connectivity index (χ2v) is 5.85. The normalized spacial score (nSPS) is 16.1. The van der Waals surface area contributed by atoms with Gasteiger partial charge in [0.25, 0.3) is 0 Å². The van der Waals surface area contributed by atoms with Crippen LogP contribution in [0.25, 0.3) is 0 Å². The number of rotatable bonds is 5. The molecule has 1 saturated heterocycles. The third-order valence-electron chi connectivity index (χ3n) is 4.10. The first kappa shape index (κ1) is 18.1. The Kier molecular flexibility index (Phi) is 6.90. The zero-order valence-corrected chi connectivity index (χ0v) is 14.5. The third-order valence-corrected chi connectivity index (χ3v) is 4.10. The Morgan fingerprint density at radius 2 is 1.96 bits per heavy atom. The van der Waals surface area contributed by atoms with Crippen LogP contribution < -0.4 is 5.32 Å². The van der Waals surface area contributed by atoms with E-state index in [1.54, 1.807) is 12.1 Å². The van der Waals surface area contributed by atoms with Gasteiger partial charge in [-0.3, -0.25) is 4.79 Å². The number of phenolic OH excluding ortho intramolecular Hbond substituents is 1. The van der Waals surface area contributed by atoms with Crippen LogP contribution in [-0.4, -0.2) is 48.2 Å². The van der Waals surface area contributed by atoms with Gasteiger partial charge in [-0.05, 0) is 44.4 Å². The van der Waals surface area contributed by atoms with Crippen molar-refractivity contribution in [3.05, 3.63) is 29.8 Å². The molecule has 1 aliphatic heterocycles. The molecule has 0 aromatic heterocycles. The first-order chi connectivity index (χ1) is 11.6. The number of nitrogens with zero attached hydrogens (tertiary/aromatic N) is 2. The number of carbonyl (C=O) groups excluding carboxylic acids is 1. The summed E-state index contributed by atoms with van der Waals surface area (Å²) in [6.45, 7) is 7.27. The minimum absolute atomic E-state index is 0.00109. The summed E-state index contributed by atoms with van der Waals surface area (Å²) in [6, 6.07) is 7.08. The lowest BCUT2D eigenvalue weighted by molar-refractivity contribution is -0.149. The molecule has 1 heterocycles. The van der Waals surface area contributed by atoms with E-state index in [1.807, 2.05) is 26.0 Å². The third kappa shape index (κ3) is 5.15. The summed E-state index contributed by atoms with van der Waals surface area (Å²) in [7, 11) is 0. The monoisotopic (exact) mass is 333 g/mol. The number of phenols is 1. The number of esters is 1. The highest BCUT2D eigenvalue weighted by molar-refractivity contribution is 5.80. The Balaban J connectivity index is 1.94. The van der Waals surface area contributed by atoms with Crippen molar-refractivity contribution in [3.8, 4) is 5.75 Å². The average molecular weight is 333 g/mol. The number of piperidine rings is 1. The van der Waals surface area contributed by atoms with E-state index in [-0.39, 0.29) is 17.6 Å². The van der Waals surface area contributed by atoms with E-state index in [0.717, 1.165) is 44.0 Å². The summed E-state index contributed by atoms with van der Waals surface area (Å²) in [5.74, 6) is 1.05. The van der Waals surface area contributed by atoms with E-state index in [9.17, 15) is 9.90 Å². The molecule has 1 aliphatic rings. The molecule has 1 aromatic rings. The molecule has 1 aromatic carbocycles. The van der Waals surface area contributed by atoms with Crippen LogP contribution in [0.15, 0.2) is 29.3 Å². The Morgan fingerprint density at radius 1 is 1.29 bits per heavy atom. The molecule has 1 fully saturated rings. The Bertz CT molecular complexity index is 549. The SMILES string of the molecule is CCNC(=NCc1ccc(O)cc1)N1CCC(C(=O)OCC)CC1. The quantitative estimate of drug-likeness (QED) is 0.490. The van der Waals surface area contributed by atoms with Gasteiger partial charge in [-0.25, -0.2) is 4.99 Å². The lowest BCUT2D eigenvalue weighted by Crippen LogP contribution is -2.46. The maximum atomic E-state index is 11.8. The van der Waals surface area contributed by atoms with Crippen LogP contribution in [-0.2, 0) is 16.1 Å². The highest BCUT2D eigenvalue weighted by Gasteiger charge is 2.27. The van der Waals surface area contributed by atoms with Gasteiger partial charge in [-0.15, -0.1) is 0 Å². The number of ether oxygens (including phenoxy) is 1. The fraction of sp³-hybridized carbons (Fsp3) is 0.556. The molecule has 0 bridgehead atoms. The van der Waals surface area contributed by atoms with E-state index < -0.39 is 0 Å². The molecule has 0 amide bonds. The minimum atomic E-state index is -0.0804. The van der Waals surface area contributed by atoms with Gasteiger partial charge in [0.05, 0.1) is 19.1 Å². The van der Waals surface area contributed by atoms with Crippen molar-refractivity contribution in [1.82, 2.24) is 10.2 Å². The predicted molar refractivity (Wildman–Crippen MR) is 93.9 cm³/mol. The topological polar surface area (TPSA) is 74.2 Å². The van der Waals surface area contributed by atoms with Gasteiger partial charge in [-0.2, -0.15) is 0 Å². The molecule has 0 spiro atoms. The fourth-order valence-corrected chi connectivity index (χ4v) is 2.78. The van der Waals surface area contributed by atoms with Gasteiger partial charge in [0.1, 0.15) is 5.75 Å². The second kappa shape index (κ2) is 9.15. The van der Waals surface area contributed by atoms with E-state index >= 15 is 0 Å². The number of hydrogen-bond donors (Lipinski definition) is 2. The summed E-state index contributed by atoms with van der Waals surface area (Å²) < 4.78 is 5.12. The van der Waals surface area contributed by atoms with Crippen LogP contribution in [0.3, 0.4) is 0 Å². The van der Waals surface area contributed by atoms with Gasteiger partial charge < -0.3 is 20.1 Å². The Morgan fingerprint density at radius 3 is 2.54 bits per heavy atom. The molecule has 132 valence electrons. The summed E-state index contributed by atoms with van der Waals surface area (Å²) in [5.41, 5.74) is 1.05. The standard InChI is InChI=1S/C18H27N3O3/c1-3-19-18(20-13-14-5-7-16(22)8-6-14)21-11-9-15(10-12-21)17(23)24-4-2/h5-8,15,22H,3-4,9-13H2,1-2H3,(H,19,20). The van der Waals surface area contributed by atoms with Crippen molar-refractivity contribution in [3.63, 3.8) is 0 Å². The molecular formula is C18H27N3O3. The highest BCUT2D eigenvalue weighted by Crippen LogP contribution is 2.19. The molecule has 0 saturated carbocycles. The van der Waals surface area contributed by atoms with Crippen molar-refractivity contribution in [2.75, 3.05) is 26.2 Å². The van der Waals surface area contributed by atoms with Gasteiger partial charge in [0.15, 0.2) is 5.96 Å². The van der Waals surface area contributed by atoms with Gasteiger partial charge in [0.2, 0.25) is 0 Å². The predicted octanol–water partition coefficient (Wildman–Crippen LogP) is 2.13. The van der Waals surface area contributed by atoms with Crippen LogP contribution >= 0.6 is 0 Å². The molecule has 6 heteroatoms. The van der Waals surface area contributed by atoms with Crippen molar-refractivity contribution < 1.29 is 14.6 Å². The van der Waals surface area contributed by atoms with Gasteiger partial charge >= 0.3 is 5.97 Å². The van der Waals surface area contributed by atoms with E-state index in [4.69, 9.17) is 4.74 Å². The minimum Gasteiger partial charge on any atom is -0.508 e. The Labute approximate surface area is 143 Å². The number of guanidine groups is 1. The molecule has 0 aliphatic carbocycles. The van der Waals surface area contributed by atoms with Crippen LogP contribution in [0.5, 0.6) is 5.75 Å². The second-order valence-electron chi connectivity index (χ2n) is 5.85. The number of benzene rings is 1.